The van der Waals surface area contributed by atoms with Crippen LogP contribution in [0, 0.1) is 5.41 Å². The van der Waals surface area contributed by atoms with Crippen LogP contribution in [0.15, 0.2) is 11.8 Å². The van der Waals surface area contributed by atoms with Gasteiger partial charge in [0.2, 0.25) is 0 Å². The summed E-state index contributed by atoms with van der Waals surface area (Å²) in [5.74, 6) is -0.0602. The summed E-state index contributed by atoms with van der Waals surface area (Å²) in [6.45, 7) is 0.228. The van der Waals surface area contributed by atoms with E-state index in [0.29, 0.717) is 5.57 Å². The Kier molecular flexibility index (Phi) is 2.64. The van der Waals surface area contributed by atoms with E-state index in [4.69, 9.17) is 22.6 Å². The summed E-state index contributed by atoms with van der Waals surface area (Å²) in [6, 6.07) is 0. The topological polar surface area (TPSA) is 102 Å². The molecule has 0 aliphatic heterocycles. The van der Waals surface area contributed by atoms with Crippen LogP contribution in [0.1, 0.15) is 0 Å². The molecule has 0 radical (unpaired) electrons. The lowest BCUT2D eigenvalue weighted by Crippen LogP contribution is -2.20. The Hall–Kier alpha value is -1.03. The van der Waals surface area contributed by atoms with Crippen molar-refractivity contribution in [3.05, 3.63) is 11.8 Å². The van der Waals surface area contributed by atoms with Crippen molar-refractivity contribution in [2.24, 2.45) is 17.2 Å². The minimum absolute atomic E-state index is 0.0602. The van der Waals surface area contributed by atoms with Gasteiger partial charge in [-0.05, 0) is 0 Å². The highest BCUT2D eigenvalue weighted by Gasteiger charge is 1.93. The maximum atomic E-state index is 6.80. The Morgan fingerprint density at radius 2 is 2.12 bits per heavy atom. The van der Waals surface area contributed by atoms with E-state index in [1.54, 1.807) is 0 Å². The monoisotopic (exact) mass is 114 g/mol. The summed E-state index contributed by atoms with van der Waals surface area (Å²) in [5, 5.41) is 6.80. The normalized spacial score (nSPS) is 11.4. The van der Waals surface area contributed by atoms with Gasteiger partial charge in [-0.2, -0.15) is 0 Å². The Labute approximate surface area is 47.8 Å². The fourth-order valence-electron chi connectivity index (χ4n) is 0.268. The van der Waals surface area contributed by atoms with Gasteiger partial charge in [-0.3, -0.25) is 5.41 Å². The van der Waals surface area contributed by atoms with Crippen molar-refractivity contribution in [3.63, 3.8) is 0 Å². The maximum absolute atomic E-state index is 6.80. The molecule has 0 fully saturated rings. The molecule has 0 aliphatic rings. The molecule has 4 nitrogen and oxygen atoms in total. The highest BCUT2D eigenvalue weighted by Crippen LogP contribution is 1.82. The van der Waals surface area contributed by atoms with Crippen LogP contribution < -0.4 is 17.2 Å². The average molecular weight is 114 g/mol. The minimum Gasteiger partial charge on any atom is -0.404 e. The molecule has 0 spiro atoms. The zero-order chi connectivity index (χ0) is 6.57. The molecule has 8 heavy (non-hydrogen) atoms. The number of nitrogens with one attached hydrogen (secondary N) is 1. The van der Waals surface area contributed by atoms with Crippen molar-refractivity contribution in [2.45, 2.75) is 0 Å². The third-order valence-corrected chi connectivity index (χ3v) is 0.767. The summed E-state index contributed by atoms with van der Waals surface area (Å²) in [5.41, 5.74) is 15.6. The van der Waals surface area contributed by atoms with E-state index < -0.39 is 0 Å². The first-order chi connectivity index (χ1) is 3.72. The number of nitrogens with two attached hydrogens (primary N) is 3. The molecule has 0 saturated heterocycles. The van der Waals surface area contributed by atoms with Gasteiger partial charge in [-0.1, -0.05) is 0 Å². The molecule has 0 rings (SSSR count). The maximum Gasteiger partial charge on any atom is 0.121 e. The second-order valence-corrected chi connectivity index (χ2v) is 1.31. The zero-order valence-electron chi connectivity index (χ0n) is 4.52. The van der Waals surface area contributed by atoms with E-state index in [2.05, 4.69) is 0 Å². The molecule has 0 aromatic carbocycles. The van der Waals surface area contributed by atoms with Crippen LogP contribution in [0.4, 0.5) is 0 Å². The third-order valence-electron chi connectivity index (χ3n) is 0.767. The summed E-state index contributed by atoms with van der Waals surface area (Å²) in [6.07, 6.45) is 1.24. The number of hydrogen-bond donors (Lipinski definition) is 4. The Morgan fingerprint density at radius 3 is 2.12 bits per heavy atom. The molecule has 0 bridgehead atoms. The molecule has 0 aromatic rings. The van der Waals surface area contributed by atoms with Crippen molar-refractivity contribution >= 4 is 5.84 Å². The Bertz CT molecular complexity index is 115. The summed E-state index contributed by atoms with van der Waals surface area (Å²) in [7, 11) is 0. The Balaban J connectivity index is 3.92. The molecule has 0 unspecified atom stereocenters. The van der Waals surface area contributed by atoms with Crippen molar-refractivity contribution in [1.29, 1.82) is 5.41 Å². The highest BCUT2D eigenvalue weighted by atomic mass is 14.7. The van der Waals surface area contributed by atoms with Gasteiger partial charge in [0.15, 0.2) is 0 Å². The molecule has 0 atom stereocenters. The number of amidine groups is 1. The largest absolute Gasteiger partial charge is 0.404 e. The van der Waals surface area contributed by atoms with Crippen LogP contribution in [0.25, 0.3) is 0 Å². The highest BCUT2D eigenvalue weighted by molar-refractivity contribution is 5.94. The SMILES string of the molecule is N=C(N)/C(=C\N)CN. The number of rotatable bonds is 2. The van der Waals surface area contributed by atoms with Gasteiger partial charge in [0.25, 0.3) is 0 Å². The van der Waals surface area contributed by atoms with Crippen LogP contribution >= 0.6 is 0 Å². The van der Waals surface area contributed by atoms with Crippen molar-refractivity contribution in [3.8, 4) is 0 Å². The molecular weight excluding hydrogens is 104 g/mol. The van der Waals surface area contributed by atoms with Gasteiger partial charge in [-0.15, -0.1) is 0 Å². The van der Waals surface area contributed by atoms with E-state index in [9.17, 15) is 0 Å². The Morgan fingerprint density at radius 1 is 1.62 bits per heavy atom. The lowest BCUT2D eigenvalue weighted by Gasteiger charge is -1.96. The molecule has 0 heterocycles. The average Bonchev–Trinajstić information content (AvgIpc) is 1.69. The van der Waals surface area contributed by atoms with Crippen molar-refractivity contribution in [1.82, 2.24) is 0 Å². The van der Waals surface area contributed by atoms with Crippen molar-refractivity contribution in [2.75, 3.05) is 6.54 Å². The molecule has 0 aliphatic carbocycles. The number of hydrogen-bond acceptors (Lipinski definition) is 3. The summed E-state index contributed by atoms with van der Waals surface area (Å²) >= 11 is 0. The first-order valence-electron chi connectivity index (χ1n) is 2.17. The first kappa shape index (κ1) is 6.97. The third kappa shape index (κ3) is 1.61. The quantitative estimate of drug-likeness (QED) is 0.265. The summed E-state index contributed by atoms with van der Waals surface area (Å²) < 4.78 is 0. The van der Waals surface area contributed by atoms with E-state index in [0.717, 1.165) is 0 Å². The molecule has 0 amide bonds. The fraction of sp³-hybridized carbons (Fsp3) is 0.250. The molecule has 46 valence electrons. The standard InChI is InChI=1S/C4H10N4/c5-1-3(2-6)4(7)8/h1H,2,5-6H2,(H3,7,8)/b3-1-. The second kappa shape index (κ2) is 3.04. The fourth-order valence-corrected chi connectivity index (χ4v) is 0.268. The minimum atomic E-state index is -0.0602. The van der Waals surface area contributed by atoms with Gasteiger partial charge >= 0.3 is 0 Å². The van der Waals surface area contributed by atoms with Gasteiger partial charge in [0, 0.05) is 18.3 Å². The van der Waals surface area contributed by atoms with E-state index in [1.807, 2.05) is 0 Å². The molecule has 0 saturated carbocycles. The first-order valence-corrected chi connectivity index (χ1v) is 2.17. The van der Waals surface area contributed by atoms with Gasteiger partial charge in [0.05, 0.1) is 0 Å². The van der Waals surface area contributed by atoms with E-state index >= 15 is 0 Å². The summed E-state index contributed by atoms with van der Waals surface area (Å²) in [4.78, 5) is 0. The van der Waals surface area contributed by atoms with Gasteiger partial charge < -0.3 is 17.2 Å². The van der Waals surface area contributed by atoms with Crippen LogP contribution in [-0.2, 0) is 0 Å². The van der Waals surface area contributed by atoms with Crippen molar-refractivity contribution < 1.29 is 0 Å². The van der Waals surface area contributed by atoms with Crippen LogP contribution in [0.5, 0.6) is 0 Å². The van der Waals surface area contributed by atoms with Crippen LogP contribution in [0.2, 0.25) is 0 Å². The molecule has 4 heteroatoms. The van der Waals surface area contributed by atoms with E-state index in [-0.39, 0.29) is 12.4 Å². The van der Waals surface area contributed by atoms with Crippen LogP contribution in [0.3, 0.4) is 0 Å². The van der Waals surface area contributed by atoms with E-state index in [1.165, 1.54) is 6.20 Å². The molecule has 0 aromatic heterocycles. The predicted molar refractivity (Wildman–Crippen MR) is 33.2 cm³/mol. The second-order valence-electron chi connectivity index (χ2n) is 1.31. The lowest BCUT2D eigenvalue weighted by molar-refractivity contribution is 1.17. The van der Waals surface area contributed by atoms with Crippen LogP contribution in [-0.4, -0.2) is 12.4 Å². The van der Waals surface area contributed by atoms with Gasteiger partial charge in [0.1, 0.15) is 5.84 Å². The molecular formula is C4H10N4. The zero-order valence-corrected chi connectivity index (χ0v) is 4.52. The lowest BCUT2D eigenvalue weighted by atomic mass is 10.3. The molecule has 7 N–H and O–H groups in total. The smallest absolute Gasteiger partial charge is 0.121 e. The predicted octanol–water partition coefficient (Wildman–Crippen LogP) is -1.28. The van der Waals surface area contributed by atoms with Gasteiger partial charge in [-0.25, -0.2) is 0 Å².